The highest BCUT2D eigenvalue weighted by Crippen LogP contribution is 2.30. The second-order valence-corrected chi connectivity index (χ2v) is 8.17. The minimum Gasteiger partial charge on any atom is -0.273 e. The summed E-state index contributed by atoms with van der Waals surface area (Å²) in [4.78, 5) is 30.8. The lowest BCUT2D eigenvalue weighted by Gasteiger charge is -2.08. The number of thiophene rings is 1. The van der Waals surface area contributed by atoms with Gasteiger partial charge in [0.2, 0.25) is 5.91 Å². The number of thiazole rings is 1. The molecule has 4 aromatic rings. The van der Waals surface area contributed by atoms with Crippen molar-refractivity contribution in [2.24, 2.45) is 0 Å². The topological polar surface area (TPSA) is 71.1 Å². The van der Waals surface area contributed by atoms with E-state index < -0.39 is 0 Å². The highest BCUT2D eigenvalue weighted by Gasteiger charge is 2.17. The molecule has 0 unspecified atom stereocenters. The standard InChI is InChI=1S/C21H17N3O2S2/c1-13-19(28-21(22-13)17-10-5-11-27-17)20(26)24-23-18(25)12-15-8-4-7-14-6-2-3-9-16(14)15/h2-11H,12H2,1H3,(H,23,25)(H,24,26). The van der Waals surface area contributed by atoms with Gasteiger partial charge in [-0.3, -0.25) is 20.4 Å². The van der Waals surface area contributed by atoms with Crippen LogP contribution in [-0.2, 0) is 11.2 Å². The molecule has 0 saturated heterocycles. The Morgan fingerprint density at radius 2 is 1.82 bits per heavy atom. The number of rotatable bonds is 4. The second kappa shape index (κ2) is 7.92. The van der Waals surface area contributed by atoms with Gasteiger partial charge in [-0.15, -0.1) is 22.7 Å². The summed E-state index contributed by atoms with van der Waals surface area (Å²) in [6.45, 7) is 1.79. The van der Waals surface area contributed by atoms with E-state index in [9.17, 15) is 9.59 Å². The lowest BCUT2D eigenvalue weighted by Crippen LogP contribution is -2.42. The first-order valence-corrected chi connectivity index (χ1v) is 10.4. The van der Waals surface area contributed by atoms with Crippen LogP contribution in [0.1, 0.15) is 20.9 Å². The predicted molar refractivity (Wildman–Crippen MR) is 113 cm³/mol. The summed E-state index contributed by atoms with van der Waals surface area (Å²) in [7, 11) is 0. The van der Waals surface area contributed by atoms with Crippen molar-refractivity contribution in [1.29, 1.82) is 0 Å². The van der Waals surface area contributed by atoms with E-state index in [1.165, 1.54) is 11.3 Å². The van der Waals surface area contributed by atoms with E-state index in [1.807, 2.05) is 60.0 Å². The maximum Gasteiger partial charge on any atom is 0.281 e. The largest absolute Gasteiger partial charge is 0.281 e. The fraction of sp³-hybridized carbons (Fsp3) is 0.0952. The molecule has 140 valence electrons. The molecule has 2 N–H and O–H groups in total. The van der Waals surface area contributed by atoms with E-state index in [0.29, 0.717) is 10.6 Å². The monoisotopic (exact) mass is 407 g/mol. The Morgan fingerprint density at radius 1 is 1.00 bits per heavy atom. The molecule has 0 radical (unpaired) electrons. The highest BCUT2D eigenvalue weighted by atomic mass is 32.1. The summed E-state index contributed by atoms with van der Waals surface area (Å²) in [5.41, 5.74) is 6.57. The molecule has 4 rings (SSSR count). The molecule has 0 aliphatic heterocycles. The molecule has 2 amide bonds. The number of aromatic nitrogens is 1. The number of nitrogens with zero attached hydrogens (tertiary/aromatic N) is 1. The van der Waals surface area contributed by atoms with Gasteiger partial charge >= 0.3 is 0 Å². The van der Waals surface area contributed by atoms with Crippen LogP contribution in [0, 0.1) is 6.92 Å². The van der Waals surface area contributed by atoms with Crippen molar-refractivity contribution < 1.29 is 9.59 Å². The summed E-state index contributed by atoms with van der Waals surface area (Å²) in [5, 5.41) is 4.89. The number of carbonyl (C=O) groups excluding carboxylic acids is 2. The summed E-state index contributed by atoms with van der Waals surface area (Å²) < 4.78 is 0. The van der Waals surface area contributed by atoms with E-state index >= 15 is 0 Å². The predicted octanol–water partition coefficient (Wildman–Crippen LogP) is 4.34. The Kier molecular flexibility index (Phi) is 5.18. The zero-order valence-corrected chi connectivity index (χ0v) is 16.7. The van der Waals surface area contributed by atoms with E-state index in [0.717, 1.165) is 26.2 Å². The van der Waals surface area contributed by atoms with Gasteiger partial charge < -0.3 is 0 Å². The fourth-order valence-electron chi connectivity index (χ4n) is 2.96. The molecule has 0 aliphatic rings. The van der Waals surface area contributed by atoms with Crippen LogP contribution in [-0.4, -0.2) is 16.8 Å². The molecule has 0 aliphatic carbocycles. The number of amides is 2. The molecule has 0 bridgehead atoms. The normalized spacial score (nSPS) is 10.8. The quantitative estimate of drug-likeness (QED) is 0.495. The molecule has 0 atom stereocenters. The van der Waals surface area contributed by atoms with Crippen LogP contribution in [0.3, 0.4) is 0 Å². The number of hydrazine groups is 1. The first-order valence-electron chi connectivity index (χ1n) is 8.69. The van der Waals surface area contributed by atoms with Crippen LogP contribution in [0.2, 0.25) is 0 Å². The molecule has 2 aromatic carbocycles. The van der Waals surface area contributed by atoms with E-state index in [1.54, 1.807) is 18.3 Å². The molecule has 28 heavy (non-hydrogen) atoms. The molecule has 2 aromatic heterocycles. The number of nitrogens with one attached hydrogen (secondary N) is 2. The lowest BCUT2D eigenvalue weighted by molar-refractivity contribution is -0.121. The van der Waals surface area contributed by atoms with Gasteiger partial charge in [0.05, 0.1) is 17.0 Å². The van der Waals surface area contributed by atoms with Crippen LogP contribution in [0.5, 0.6) is 0 Å². The lowest BCUT2D eigenvalue weighted by atomic mass is 10.0. The van der Waals surface area contributed by atoms with Crippen LogP contribution in [0.15, 0.2) is 60.0 Å². The van der Waals surface area contributed by atoms with Crippen molar-refractivity contribution in [2.75, 3.05) is 0 Å². The van der Waals surface area contributed by atoms with Gasteiger partial charge in [-0.1, -0.05) is 48.5 Å². The third-order valence-electron chi connectivity index (χ3n) is 4.28. The van der Waals surface area contributed by atoms with Crippen molar-refractivity contribution in [2.45, 2.75) is 13.3 Å². The number of fused-ring (bicyclic) bond motifs is 1. The molecular formula is C21H17N3O2S2. The average Bonchev–Trinajstić information content (AvgIpc) is 3.36. The smallest absolute Gasteiger partial charge is 0.273 e. The SMILES string of the molecule is Cc1nc(-c2cccs2)sc1C(=O)NNC(=O)Cc1cccc2ccccc12. The minimum absolute atomic E-state index is 0.184. The van der Waals surface area contributed by atoms with Crippen LogP contribution in [0.25, 0.3) is 20.7 Å². The van der Waals surface area contributed by atoms with Gasteiger partial charge in [0, 0.05) is 0 Å². The minimum atomic E-state index is -0.357. The van der Waals surface area contributed by atoms with Gasteiger partial charge in [-0.2, -0.15) is 0 Å². The zero-order chi connectivity index (χ0) is 19.5. The molecule has 0 fully saturated rings. The summed E-state index contributed by atoms with van der Waals surface area (Å²) in [6, 6.07) is 17.7. The van der Waals surface area contributed by atoms with Crippen molar-refractivity contribution in [3.8, 4) is 9.88 Å². The van der Waals surface area contributed by atoms with Gasteiger partial charge in [0.1, 0.15) is 9.88 Å². The Hall–Kier alpha value is -3.03. The van der Waals surface area contributed by atoms with Crippen molar-refractivity contribution in [1.82, 2.24) is 15.8 Å². The Bertz CT molecular complexity index is 1140. The van der Waals surface area contributed by atoms with Crippen LogP contribution in [0.4, 0.5) is 0 Å². The van der Waals surface area contributed by atoms with Crippen molar-refractivity contribution in [3.63, 3.8) is 0 Å². The Morgan fingerprint density at radius 3 is 2.64 bits per heavy atom. The number of hydrogen-bond acceptors (Lipinski definition) is 5. The van der Waals surface area contributed by atoms with E-state index in [-0.39, 0.29) is 18.2 Å². The van der Waals surface area contributed by atoms with Crippen molar-refractivity contribution in [3.05, 3.63) is 76.1 Å². The number of benzene rings is 2. The number of aryl methyl sites for hydroxylation is 1. The summed E-state index contributed by atoms with van der Waals surface area (Å²) in [5.74, 6) is -0.630. The summed E-state index contributed by atoms with van der Waals surface area (Å²) >= 11 is 2.90. The molecule has 2 heterocycles. The molecule has 7 heteroatoms. The molecule has 5 nitrogen and oxygen atoms in total. The van der Waals surface area contributed by atoms with Gasteiger partial charge in [0.15, 0.2) is 0 Å². The Labute approximate surface area is 170 Å². The zero-order valence-electron chi connectivity index (χ0n) is 15.1. The third kappa shape index (κ3) is 3.81. The maximum absolute atomic E-state index is 12.5. The van der Waals surface area contributed by atoms with Crippen LogP contribution < -0.4 is 10.9 Å². The van der Waals surface area contributed by atoms with E-state index in [4.69, 9.17) is 0 Å². The van der Waals surface area contributed by atoms with Gasteiger partial charge in [-0.05, 0) is 34.7 Å². The van der Waals surface area contributed by atoms with Gasteiger partial charge in [0.25, 0.3) is 5.91 Å². The first kappa shape index (κ1) is 18.3. The fourth-order valence-corrected chi connectivity index (χ4v) is 4.72. The van der Waals surface area contributed by atoms with E-state index in [2.05, 4.69) is 15.8 Å². The first-order chi connectivity index (χ1) is 13.6. The van der Waals surface area contributed by atoms with Crippen LogP contribution >= 0.6 is 22.7 Å². The number of carbonyl (C=O) groups is 2. The molecule has 0 saturated carbocycles. The molecular weight excluding hydrogens is 390 g/mol. The van der Waals surface area contributed by atoms with Gasteiger partial charge in [-0.25, -0.2) is 4.98 Å². The highest BCUT2D eigenvalue weighted by molar-refractivity contribution is 7.22. The second-order valence-electron chi connectivity index (χ2n) is 6.23. The Balaban J connectivity index is 1.41. The average molecular weight is 408 g/mol. The summed E-state index contributed by atoms with van der Waals surface area (Å²) in [6.07, 6.45) is 0.184. The number of hydrogen-bond donors (Lipinski definition) is 2. The maximum atomic E-state index is 12.5. The van der Waals surface area contributed by atoms with Crippen molar-refractivity contribution >= 4 is 45.3 Å². The molecule has 0 spiro atoms. The third-order valence-corrected chi connectivity index (χ3v) is 6.48.